The van der Waals surface area contributed by atoms with Gasteiger partial charge in [0.15, 0.2) is 6.61 Å². The number of anilines is 1. The maximum atomic E-state index is 12.0. The number of unbranched alkanes of at least 4 members (excludes halogenated alkanes) is 4. The van der Waals surface area contributed by atoms with E-state index in [4.69, 9.17) is 4.74 Å². The number of ether oxygens (including phenoxy) is 1. The molecule has 0 aliphatic rings. The van der Waals surface area contributed by atoms with Gasteiger partial charge in [-0.15, -0.1) is 0 Å². The molecule has 146 valence electrons. The van der Waals surface area contributed by atoms with E-state index >= 15 is 0 Å². The van der Waals surface area contributed by atoms with E-state index in [2.05, 4.69) is 17.6 Å². The number of amides is 1. The van der Waals surface area contributed by atoms with Gasteiger partial charge in [0.2, 0.25) is 0 Å². The second-order valence-corrected chi connectivity index (χ2v) is 6.94. The van der Waals surface area contributed by atoms with Crippen molar-refractivity contribution in [1.82, 2.24) is 5.32 Å². The summed E-state index contributed by atoms with van der Waals surface area (Å²) >= 11 is 0. The van der Waals surface area contributed by atoms with Gasteiger partial charge >= 0.3 is 0 Å². The first kappa shape index (κ1) is 21.0. The summed E-state index contributed by atoms with van der Waals surface area (Å²) in [6, 6.07) is 15.6. The summed E-state index contributed by atoms with van der Waals surface area (Å²) in [6.07, 6.45) is 6.50. The Hall–Kier alpha value is -2.33. The highest BCUT2D eigenvalue weighted by Gasteiger charge is 2.04. The maximum Gasteiger partial charge on any atom is 0.262 e. The Morgan fingerprint density at radius 3 is 2.33 bits per heavy atom. The number of hydrogen-bond acceptors (Lipinski definition) is 3. The fourth-order valence-electron chi connectivity index (χ4n) is 2.77. The zero-order valence-corrected chi connectivity index (χ0v) is 16.6. The molecule has 2 aromatic carbocycles. The minimum atomic E-state index is -0.160. The van der Waals surface area contributed by atoms with Crippen LogP contribution in [0.1, 0.15) is 50.2 Å². The van der Waals surface area contributed by atoms with Gasteiger partial charge in [0.25, 0.3) is 5.91 Å². The molecule has 2 rings (SSSR count). The van der Waals surface area contributed by atoms with Gasteiger partial charge in [0, 0.05) is 12.2 Å². The highest BCUT2D eigenvalue weighted by atomic mass is 16.5. The van der Waals surface area contributed by atoms with Crippen LogP contribution >= 0.6 is 0 Å². The molecule has 0 radical (unpaired) electrons. The number of carbonyl (C=O) groups excluding carboxylic acids is 1. The van der Waals surface area contributed by atoms with Crippen LogP contribution in [0.2, 0.25) is 0 Å². The predicted molar refractivity (Wildman–Crippen MR) is 112 cm³/mol. The monoisotopic (exact) mass is 368 g/mol. The van der Waals surface area contributed by atoms with E-state index in [0.717, 1.165) is 24.3 Å². The molecule has 2 N–H and O–H groups in total. The normalized spacial score (nSPS) is 10.6. The average Bonchev–Trinajstić information content (AvgIpc) is 2.68. The van der Waals surface area contributed by atoms with Crippen molar-refractivity contribution < 1.29 is 9.53 Å². The molecular weight excluding hydrogens is 336 g/mol. The van der Waals surface area contributed by atoms with Gasteiger partial charge in [0.1, 0.15) is 5.75 Å². The third-order valence-electron chi connectivity index (χ3n) is 4.41. The van der Waals surface area contributed by atoms with E-state index in [1.165, 1.54) is 37.7 Å². The third kappa shape index (κ3) is 8.74. The zero-order chi connectivity index (χ0) is 19.3. The van der Waals surface area contributed by atoms with Crippen molar-refractivity contribution >= 4 is 11.6 Å². The molecule has 4 nitrogen and oxygen atoms in total. The van der Waals surface area contributed by atoms with Gasteiger partial charge < -0.3 is 15.4 Å². The summed E-state index contributed by atoms with van der Waals surface area (Å²) in [5.41, 5.74) is 3.17. The number of benzene rings is 2. The molecule has 0 saturated heterocycles. The maximum absolute atomic E-state index is 12.0. The predicted octanol–water partition coefficient (Wildman–Crippen LogP) is 5.07. The largest absolute Gasteiger partial charge is 0.484 e. The SMILES string of the molecule is CCCCCCCNCc1ccc(OCC(=O)Nc2ccc(C)cc2)cc1. The molecule has 0 spiro atoms. The lowest BCUT2D eigenvalue weighted by atomic mass is 10.1. The summed E-state index contributed by atoms with van der Waals surface area (Å²) in [6.45, 7) is 6.18. The Bertz CT molecular complexity index is 666. The third-order valence-corrected chi connectivity index (χ3v) is 4.41. The van der Waals surface area contributed by atoms with E-state index in [-0.39, 0.29) is 12.5 Å². The molecule has 0 unspecified atom stereocenters. The fraction of sp³-hybridized carbons (Fsp3) is 0.435. The Balaban J connectivity index is 1.63. The minimum Gasteiger partial charge on any atom is -0.484 e. The van der Waals surface area contributed by atoms with Crippen molar-refractivity contribution in [3.05, 3.63) is 59.7 Å². The van der Waals surface area contributed by atoms with Crippen molar-refractivity contribution in [1.29, 1.82) is 0 Å². The number of aryl methyl sites for hydroxylation is 1. The van der Waals surface area contributed by atoms with E-state index in [0.29, 0.717) is 5.75 Å². The van der Waals surface area contributed by atoms with Crippen LogP contribution in [0.15, 0.2) is 48.5 Å². The first-order valence-corrected chi connectivity index (χ1v) is 9.96. The van der Waals surface area contributed by atoms with E-state index < -0.39 is 0 Å². The molecule has 1 amide bonds. The van der Waals surface area contributed by atoms with E-state index in [1.54, 1.807) is 0 Å². The summed E-state index contributed by atoms with van der Waals surface area (Å²) in [7, 11) is 0. The van der Waals surface area contributed by atoms with Crippen LogP contribution in [0.5, 0.6) is 5.75 Å². The fourth-order valence-corrected chi connectivity index (χ4v) is 2.77. The van der Waals surface area contributed by atoms with Crippen LogP contribution in [-0.2, 0) is 11.3 Å². The van der Waals surface area contributed by atoms with E-state index in [9.17, 15) is 4.79 Å². The molecular formula is C23H32N2O2. The average molecular weight is 369 g/mol. The Morgan fingerprint density at radius 1 is 0.926 bits per heavy atom. The van der Waals surface area contributed by atoms with Gasteiger partial charge in [-0.3, -0.25) is 4.79 Å². The first-order valence-electron chi connectivity index (χ1n) is 9.96. The molecule has 0 aliphatic carbocycles. The number of hydrogen-bond donors (Lipinski definition) is 2. The molecule has 0 fully saturated rings. The van der Waals surface area contributed by atoms with Crippen LogP contribution < -0.4 is 15.4 Å². The molecule has 0 bridgehead atoms. The Labute approximate surface area is 163 Å². The molecule has 4 heteroatoms. The quantitative estimate of drug-likeness (QED) is 0.514. The second kappa shape index (κ2) is 12.1. The van der Waals surface area contributed by atoms with Gasteiger partial charge in [-0.2, -0.15) is 0 Å². The molecule has 2 aromatic rings. The minimum absolute atomic E-state index is 0.00321. The lowest BCUT2D eigenvalue weighted by Gasteiger charge is -2.09. The molecule has 0 atom stereocenters. The second-order valence-electron chi connectivity index (χ2n) is 6.94. The molecule has 27 heavy (non-hydrogen) atoms. The van der Waals surface area contributed by atoms with Gasteiger partial charge in [-0.05, 0) is 49.7 Å². The Morgan fingerprint density at radius 2 is 1.63 bits per heavy atom. The van der Waals surface area contributed by atoms with Crippen molar-refractivity contribution in [3.63, 3.8) is 0 Å². The lowest BCUT2D eigenvalue weighted by Crippen LogP contribution is -2.20. The standard InChI is InChI=1S/C23H32N2O2/c1-3-4-5-6-7-16-24-17-20-10-14-22(15-11-20)27-18-23(26)25-21-12-8-19(2)9-13-21/h8-15,24H,3-7,16-18H2,1-2H3,(H,25,26). The smallest absolute Gasteiger partial charge is 0.262 e. The number of rotatable bonds is 12. The highest BCUT2D eigenvalue weighted by molar-refractivity contribution is 5.91. The summed E-state index contributed by atoms with van der Waals surface area (Å²) in [5, 5.41) is 6.30. The van der Waals surface area contributed by atoms with Gasteiger partial charge in [-0.25, -0.2) is 0 Å². The number of nitrogens with one attached hydrogen (secondary N) is 2. The van der Waals surface area contributed by atoms with Crippen LogP contribution in [0, 0.1) is 6.92 Å². The van der Waals surface area contributed by atoms with Gasteiger partial charge in [0.05, 0.1) is 0 Å². The first-order chi connectivity index (χ1) is 13.2. The number of carbonyl (C=O) groups is 1. The summed E-state index contributed by atoms with van der Waals surface area (Å²) in [5.74, 6) is 0.546. The van der Waals surface area contributed by atoms with Crippen LogP contribution in [0.3, 0.4) is 0 Å². The Kier molecular flexibility index (Phi) is 9.42. The summed E-state index contributed by atoms with van der Waals surface area (Å²) in [4.78, 5) is 12.0. The summed E-state index contributed by atoms with van der Waals surface area (Å²) < 4.78 is 5.57. The van der Waals surface area contributed by atoms with Crippen molar-refractivity contribution in [2.75, 3.05) is 18.5 Å². The van der Waals surface area contributed by atoms with Gasteiger partial charge in [-0.1, -0.05) is 62.4 Å². The van der Waals surface area contributed by atoms with Crippen molar-refractivity contribution in [2.45, 2.75) is 52.5 Å². The zero-order valence-electron chi connectivity index (χ0n) is 16.6. The molecule has 0 saturated carbocycles. The molecule has 0 aliphatic heterocycles. The van der Waals surface area contributed by atoms with Crippen molar-refractivity contribution in [3.8, 4) is 5.75 Å². The van der Waals surface area contributed by atoms with E-state index in [1.807, 2.05) is 55.5 Å². The molecule has 0 aromatic heterocycles. The lowest BCUT2D eigenvalue weighted by molar-refractivity contribution is -0.118. The van der Waals surface area contributed by atoms with Crippen LogP contribution in [0.4, 0.5) is 5.69 Å². The van der Waals surface area contributed by atoms with Crippen LogP contribution in [0.25, 0.3) is 0 Å². The highest BCUT2D eigenvalue weighted by Crippen LogP contribution is 2.13. The van der Waals surface area contributed by atoms with Crippen molar-refractivity contribution in [2.24, 2.45) is 0 Å². The molecule has 0 heterocycles. The topological polar surface area (TPSA) is 50.4 Å². The van der Waals surface area contributed by atoms with Crippen LogP contribution in [-0.4, -0.2) is 19.1 Å².